The molecule has 1 saturated heterocycles. The first-order valence-electron chi connectivity index (χ1n) is 19.2. The third-order valence-corrected chi connectivity index (χ3v) is 13.0. The lowest BCUT2D eigenvalue weighted by Crippen LogP contribution is -2.74. The van der Waals surface area contributed by atoms with Gasteiger partial charge in [0.15, 0.2) is 0 Å². The molecule has 290 valence electrons. The van der Waals surface area contributed by atoms with Crippen LogP contribution in [0.25, 0.3) is 0 Å². The Morgan fingerprint density at radius 2 is 1.57 bits per heavy atom. The van der Waals surface area contributed by atoms with Crippen LogP contribution in [0.1, 0.15) is 126 Å². The number of hydrogen-bond acceptors (Lipinski definition) is 10. The number of hydrogen-bond donors (Lipinski definition) is 2. The number of nitriles is 1. The van der Waals surface area contributed by atoms with Gasteiger partial charge in [-0.25, -0.2) is 9.97 Å². The van der Waals surface area contributed by atoms with E-state index in [0.29, 0.717) is 52.0 Å². The van der Waals surface area contributed by atoms with E-state index in [0.717, 1.165) is 54.1 Å². The molecule has 0 radical (unpaired) electrons. The maximum Gasteiger partial charge on any atom is 0.262 e. The molecule has 2 saturated carbocycles. The van der Waals surface area contributed by atoms with Crippen molar-refractivity contribution < 1.29 is 28.7 Å². The summed E-state index contributed by atoms with van der Waals surface area (Å²) in [5.41, 5.74) is 2.70. The van der Waals surface area contributed by atoms with Crippen molar-refractivity contribution in [1.29, 1.82) is 5.26 Å². The van der Waals surface area contributed by atoms with E-state index in [1.165, 1.54) is 0 Å². The van der Waals surface area contributed by atoms with Gasteiger partial charge in [0.1, 0.15) is 29.8 Å². The van der Waals surface area contributed by atoms with Gasteiger partial charge >= 0.3 is 0 Å². The molecule has 1 aromatic heterocycles. The number of nitrogens with zero attached hydrogens (tertiary/aromatic N) is 5. The van der Waals surface area contributed by atoms with Gasteiger partial charge in [0, 0.05) is 67.3 Å². The molecular weight excluding hydrogens is 734 g/mol. The van der Waals surface area contributed by atoms with Gasteiger partial charge in [-0.3, -0.25) is 39.1 Å². The molecule has 3 aliphatic heterocycles. The molecule has 0 spiro atoms. The van der Waals surface area contributed by atoms with E-state index in [1.54, 1.807) is 30.6 Å². The molecule has 4 heterocycles. The number of halogens is 1. The summed E-state index contributed by atoms with van der Waals surface area (Å²) in [5.74, 6) is -0.165. The first kappa shape index (κ1) is 37.7. The Morgan fingerprint density at radius 1 is 0.946 bits per heavy atom. The zero-order chi connectivity index (χ0) is 39.7. The summed E-state index contributed by atoms with van der Waals surface area (Å²) < 4.78 is 6.35. The smallest absolute Gasteiger partial charge is 0.262 e. The van der Waals surface area contributed by atoms with Crippen LogP contribution in [0.15, 0.2) is 42.7 Å². The molecule has 3 fully saturated rings. The average Bonchev–Trinajstić information content (AvgIpc) is 3.67. The SMILES string of the molecule is CC1(C)C(NC(=O)c2cnc(C3CCC(CN4Cc5cc6c(cc5C4)C(=O)N(C4CCC(=O)NC4=O)C6=O)CC3)nc2)C(C)(C)C1Oc1ccc(C#N)c(Cl)c1. The number of amides is 5. The van der Waals surface area contributed by atoms with Crippen molar-refractivity contribution in [3.8, 4) is 11.8 Å². The molecule has 1 unspecified atom stereocenters. The van der Waals surface area contributed by atoms with E-state index in [9.17, 15) is 29.2 Å². The van der Waals surface area contributed by atoms with Crippen LogP contribution in [0.2, 0.25) is 5.02 Å². The lowest BCUT2D eigenvalue weighted by Gasteiger charge is -2.63. The van der Waals surface area contributed by atoms with Gasteiger partial charge in [-0.15, -0.1) is 0 Å². The van der Waals surface area contributed by atoms with Crippen LogP contribution in [0.4, 0.5) is 0 Å². The predicted molar refractivity (Wildman–Crippen MR) is 203 cm³/mol. The summed E-state index contributed by atoms with van der Waals surface area (Å²) in [6, 6.07) is 9.56. The number of ether oxygens (including phenoxy) is 1. The first-order chi connectivity index (χ1) is 26.6. The first-order valence-corrected chi connectivity index (χ1v) is 19.6. The minimum atomic E-state index is -0.971. The van der Waals surface area contributed by atoms with Crippen molar-refractivity contribution in [2.45, 2.75) is 103 Å². The fourth-order valence-electron chi connectivity index (χ4n) is 10.0. The number of carbonyl (C=O) groups excluding carboxylic acids is 5. The van der Waals surface area contributed by atoms with Crippen molar-refractivity contribution in [2.24, 2.45) is 16.7 Å². The number of rotatable bonds is 8. The van der Waals surface area contributed by atoms with Crippen molar-refractivity contribution in [3.05, 3.63) is 87.0 Å². The van der Waals surface area contributed by atoms with Crippen LogP contribution >= 0.6 is 11.6 Å². The second kappa shape index (κ2) is 14.1. The largest absolute Gasteiger partial charge is 0.489 e. The summed E-state index contributed by atoms with van der Waals surface area (Å²) in [6.45, 7) is 10.5. The number of carbonyl (C=O) groups is 5. The minimum Gasteiger partial charge on any atom is -0.489 e. The third kappa shape index (κ3) is 6.52. The standard InChI is InChI=1S/C42H44ClN7O6/c1-41(2)39(42(3,4)40(41)56-28-10-9-24(16-44)31(43)15-28)48-35(52)27-17-45-34(46-18-27)23-7-5-22(6-8-23)19-49-20-25-13-29-30(14-26(25)21-49)38(55)50(37(29)54)32-11-12-33(51)47-36(32)53/h9-10,13-15,17-18,22-23,32,39-40H,5-8,11-12,19-21H2,1-4H3,(H,48,52)(H,47,51,53). The molecule has 56 heavy (non-hydrogen) atoms. The Hall–Kier alpha value is -5.19. The molecular formula is C42H44ClN7O6. The van der Waals surface area contributed by atoms with Crippen LogP contribution in [0, 0.1) is 28.1 Å². The molecule has 1 atom stereocenters. The number of piperidine rings is 1. The minimum absolute atomic E-state index is 0.0897. The Balaban J connectivity index is 0.822. The molecule has 13 nitrogen and oxygen atoms in total. The molecule has 2 aliphatic carbocycles. The molecule has 2 aromatic carbocycles. The van der Waals surface area contributed by atoms with Gasteiger partial charge in [-0.1, -0.05) is 39.3 Å². The Labute approximate surface area is 330 Å². The van der Waals surface area contributed by atoms with Crippen molar-refractivity contribution in [1.82, 2.24) is 30.4 Å². The molecule has 3 aromatic rings. The lowest BCUT2D eigenvalue weighted by atomic mass is 9.49. The Bertz CT molecular complexity index is 2150. The van der Waals surface area contributed by atoms with Gasteiger partial charge in [0.2, 0.25) is 11.8 Å². The maximum absolute atomic E-state index is 13.4. The second-order valence-corrected chi connectivity index (χ2v) is 17.5. The lowest BCUT2D eigenvalue weighted by molar-refractivity contribution is -0.164. The van der Waals surface area contributed by atoms with E-state index in [1.807, 2.05) is 12.1 Å². The van der Waals surface area contributed by atoms with Crippen molar-refractivity contribution in [2.75, 3.05) is 6.54 Å². The maximum atomic E-state index is 13.4. The van der Waals surface area contributed by atoms with Crippen LogP contribution in [0.5, 0.6) is 5.75 Å². The molecule has 14 heteroatoms. The number of fused-ring (bicyclic) bond motifs is 2. The van der Waals surface area contributed by atoms with E-state index in [-0.39, 0.29) is 36.8 Å². The van der Waals surface area contributed by atoms with Crippen molar-refractivity contribution in [3.63, 3.8) is 0 Å². The van der Waals surface area contributed by atoms with Crippen LogP contribution < -0.4 is 15.4 Å². The van der Waals surface area contributed by atoms with Gasteiger partial charge in [-0.2, -0.15) is 5.26 Å². The highest BCUT2D eigenvalue weighted by molar-refractivity contribution is 6.31. The quantitative estimate of drug-likeness (QED) is 0.286. The van der Waals surface area contributed by atoms with Crippen molar-refractivity contribution >= 4 is 41.1 Å². The van der Waals surface area contributed by atoms with Crippen LogP contribution in [-0.4, -0.2) is 74.0 Å². The second-order valence-electron chi connectivity index (χ2n) is 17.1. The van der Waals surface area contributed by atoms with E-state index in [4.69, 9.17) is 16.3 Å². The van der Waals surface area contributed by atoms with Gasteiger partial charge in [-0.05, 0) is 73.4 Å². The highest BCUT2D eigenvalue weighted by Crippen LogP contribution is 2.55. The Kier molecular flexibility index (Phi) is 9.48. The summed E-state index contributed by atoms with van der Waals surface area (Å²) in [5, 5.41) is 15.0. The fraction of sp³-hybridized carbons (Fsp3) is 0.476. The number of imide groups is 2. The van der Waals surface area contributed by atoms with Crippen LogP contribution in [-0.2, 0) is 22.7 Å². The fourth-order valence-corrected chi connectivity index (χ4v) is 10.2. The molecule has 2 N–H and O–H groups in total. The third-order valence-electron chi connectivity index (χ3n) is 12.6. The molecule has 5 aliphatic rings. The molecule has 5 amide bonds. The van der Waals surface area contributed by atoms with Crippen LogP contribution in [0.3, 0.4) is 0 Å². The molecule has 8 rings (SSSR count). The zero-order valence-corrected chi connectivity index (χ0v) is 32.6. The summed E-state index contributed by atoms with van der Waals surface area (Å²) in [4.78, 5) is 76.7. The average molecular weight is 778 g/mol. The van der Waals surface area contributed by atoms with E-state index >= 15 is 0 Å². The zero-order valence-electron chi connectivity index (χ0n) is 31.9. The monoisotopic (exact) mass is 777 g/mol. The van der Waals surface area contributed by atoms with Gasteiger partial charge < -0.3 is 10.1 Å². The predicted octanol–water partition coefficient (Wildman–Crippen LogP) is 5.30. The highest BCUT2D eigenvalue weighted by atomic mass is 35.5. The summed E-state index contributed by atoms with van der Waals surface area (Å²) in [7, 11) is 0. The number of benzene rings is 2. The summed E-state index contributed by atoms with van der Waals surface area (Å²) in [6.07, 6.45) is 7.17. The normalized spacial score (nSPS) is 26.5. The van der Waals surface area contributed by atoms with Gasteiger partial charge in [0.05, 0.1) is 27.3 Å². The summed E-state index contributed by atoms with van der Waals surface area (Å²) >= 11 is 6.24. The topological polar surface area (TPSA) is 175 Å². The molecule has 0 bridgehead atoms. The van der Waals surface area contributed by atoms with E-state index < -0.39 is 40.5 Å². The highest BCUT2D eigenvalue weighted by Gasteiger charge is 2.64. The van der Waals surface area contributed by atoms with E-state index in [2.05, 4.69) is 59.3 Å². The Morgan fingerprint density at radius 3 is 2.14 bits per heavy atom. The number of aromatic nitrogens is 2. The number of nitrogens with one attached hydrogen (secondary N) is 2. The van der Waals surface area contributed by atoms with Gasteiger partial charge in [0.25, 0.3) is 17.7 Å².